The van der Waals surface area contributed by atoms with Gasteiger partial charge >= 0.3 is 0 Å². The lowest BCUT2D eigenvalue weighted by Crippen LogP contribution is -2.08. The van der Waals surface area contributed by atoms with Crippen LogP contribution in [0.2, 0.25) is 0 Å². The summed E-state index contributed by atoms with van der Waals surface area (Å²) in [7, 11) is 0. The van der Waals surface area contributed by atoms with Gasteiger partial charge in [0.2, 0.25) is 0 Å². The number of aryl methyl sites for hydroxylation is 1. The summed E-state index contributed by atoms with van der Waals surface area (Å²) in [6.45, 7) is 9.84. The lowest BCUT2D eigenvalue weighted by molar-refractivity contribution is 0.495. The molecule has 1 heterocycles. The molecule has 3 heteroatoms. The number of fused-ring (bicyclic) bond motifs is 1. The zero-order chi connectivity index (χ0) is 13.8. The topological polar surface area (TPSA) is 17.8 Å². The van der Waals surface area contributed by atoms with E-state index in [2.05, 4.69) is 43.5 Å². The average molecular weight is 277 g/mol. The highest BCUT2D eigenvalue weighted by Gasteiger charge is 2.45. The zero-order valence-corrected chi connectivity index (χ0v) is 12.8. The Morgan fingerprint density at radius 2 is 2.16 bits per heavy atom. The molecular weight excluding hydrogens is 256 g/mol. The predicted octanol–water partition coefficient (Wildman–Crippen LogP) is 4.69. The molecule has 1 fully saturated rings. The highest BCUT2D eigenvalue weighted by atomic mass is 35.5. The second-order valence-electron chi connectivity index (χ2n) is 6.53. The van der Waals surface area contributed by atoms with Crippen LogP contribution in [-0.2, 0) is 6.54 Å². The Morgan fingerprint density at radius 1 is 1.47 bits per heavy atom. The Labute approximate surface area is 119 Å². The van der Waals surface area contributed by atoms with Crippen molar-refractivity contribution in [3.05, 3.63) is 29.6 Å². The molecule has 3 rings (SSSR count). The fraction of sp³-hybridized carbons (Fsp3) is 0.562. The molecule has 1 aromatic heterocycles. The SMILES string of the molecule is Cc1cccc2c1nc(C(C)Cl)n2CC1CC1(C)C. The molecule has 2 atom stereocenters. The second kappa shape index (κ2) is 4.24. The Hall–Kier alpha value is -1.02. The van der Waals surface area contributed by atoms with Crippen LogP contribution in [0.5, 0.6) is 0 Å². The first-order chi connectivity index (χ1) is 8.90. The first kappa shape index (κ1) is 13.0. The largest absolute Gasteiger partial charge is 0.326 e. The summed E-state index contributed by atoms with van der Waals surface area (Å²) in [5, 5.41) is -0.0475. The first-order valence-electron chi connectivity index (χ1n) is 7.00. The van der Waals surface area contributed by atoms with Gasteiger partial charge in [-0.05, 0) is 43.2 Å². The van der Waals surface area contributed by atoms with Crippen molar-refractivity contribution >= 4 is 22.6 Å². The fourth-order valence-corrected chi connectivity index (χ4v) is 3.08. The van der Waals surface area contributed by atoms with Crippen molar-refractivity contribution in [2.24, 2.45) is 11.3 Å². The van der Waals surface area contributed by atoms with E-state index in [0.717, 1.165) is 23.8 Å². The Kier molecular flexibility index (Phi) is 2.90. The molecule has 2 nitrogen and oxygen atoms in total. The monoisotopic (exact) mass is 276 g/mol. The molecule has 0 N–H and O–H groups in total. The predicted molar refractivity (Wildman–Crippen MR) is 80.6 cm³/mol. The summed E-state index contributed by atoms with van der Waals surface area (Å²) in [6, 6.07) is 6.38. The fourth-order valence-electron chi connectivity index (χ4n) is 2.91. The molecule has 0 spiro atoms. The van der Waals surface area contributed by atoms with E-state index in [1.165, 1.54) is 17.5 Å². The van der Waals surface area contributed by atoms with E-state index in [1.54, 1.807) is 0 Å². The molecule has 1 aliphatic carbocycles. The van der Waals surface area contributed by atoms with E-state index >= 15 is 0 Å². The van der Waals surface area contributed by atoms with Crippen molar-refractivity contribution in [1.82, 2.24) is 9.55 Å². The van der Waals surface area contributed by atoms with Crippen molar-refractivity contribution in [3.63, 3.8) is 0 Å². The van der Waals surface area contributed by atoms with Crippen LogP contribution >= 0.6 is 11.6 Å². The summed E-state index contributed by atoms with van der Waals surface area (Å²) >= 11 is 6.32. The third-order valence-corrected chi connectivity index (χ3v) is 4.68. The van der Waals surface area contributed by atoms with E-state index < -0.39 is 0 Å². The van der Waals surface area contributed by atoms with Gasteiger partial charge in [0.1, 0.15) is 5.82 Å². The van der Waals surface area contributed by atoms with E-state index in [1.807, 2.05) is 6.92 Å². The Bertz CT molecular complexity index is 625. The molecule has 1 aliphatic rings. The maximum Gasteiger partial charge on any atom is 0.127 e. The molecule has 0 bridgehead atoms. The minimum absolute atomic E-state index is 0.0475. The Balaban J connectivity index is 2.09. The number of nitrogens with zero attached hydrogens (tertiary/aromatic N) is 2. The first-order valence-corrected chi connectivity index (χ1v) is 7.43. The maximum atomic E-state index is 6.32. The van der Waals surface area contributed by atoms with Crippen LogP contribution in [0.25, 0.3) is 11.0 Å². The van der Waals surface area contributed by atoms with Crippen LogP contribution in [0.1, 0.15) is 44.0 Å². The van der Waals surface area contributed by atoms with Crippen molar-refractivity contribution in [3.8, 4) is 0 Å². The van der Waals surface area contributed by atoms with Crippen LogP contribution in [0.3, 0.4) is 0 Å². The summed E-state index contributed by atoms with van der Waals surface area (Å²) in [5.74, 6) is 1.76. The van der Waals surface area contributed by atoms with Crippen LogP contribution in [0, 0.1) is 18.3 Å². The number of alkyl halides is 1. The smallest absolute Gasteiger partial charge is 0.127 e. The van der Waals surface area contributed by atoms with E-state index in [9.17, 15) is 0 Å². The van der Waals surface area contributed by atoms with Gasteiger partial charge in [-0.25, -0.2) is 4.98 Å². The lowest BCUT2D eigenvalue weighted by atomic mass is 10.1. The normalized spacial score (nSPS) is 22.7. The molecule has 102 valence electrons. The van der Waals surface area contributed by atoms with Crippen LogP contribution in [0.4, 0.5) is 0 Å². The van der Waals surface area contributed by atoms with Crippen molar-refractivity contribution in [2.75, 3.05) is 0 Å². The van der Waals surface area contributed by atoms with Crippen molar-refractivity contribution in [1.29, 1.82) is 0 Å². The highest BCUT2D eigenvalue weighted by molar-refractivity contribution is 6.20. The third-order valence-electron chi connectivity index (χ3n) is 4.49. The second-order valence-corrected chi connectivity index (χ2v) is 7.18. The number of para-hydroxylation sites is 1. The maximum absolute atomic E-state index is 6.32. The molecular formula is C16H21ClN2. The number of halogens is 1. The minimum atomic E-state index is -0.0475. The van der Waals surface area contributed by atoms with Crippen molar-refractivity contribution < 1.29 is 0 Å². The van der Waals surface area contributed by atoms with Gasteiger partial charge in [0.15, 0.2) is 0 Å². The van der Waals surface area contributed by atoms with Gasteiger partial charge in [0, 0.05) is 6.54 Å². The van der Waals surface area contributed by atoms with E-state index in [4.69, 9.17) is 16.6 Å². The molecule has 1 aromatic carbocycles. The van der Waals surface area contributed by atoms with Crippen molar-refractivity contribution in [2.45, 2.75) is 46.0 Å². The highest BCUT2D eigenvalue weighted by Crippen LogP contribution is 2.53. The van der Waals surface area contributed by atoms with Gasteiger partial charge in [0.05, 0.1) is 16.4 Å². The molecule has 0 saturated heterocycles. The van der Waals surface area contributed by atoms with Crippen LogP contribution in [0.15, 0.2) is 18.2 Å². The minimum Gasteiger partial charge on any atom is -0.326 e. The number of hydrogen-bond acceptors (Lipinski definition) is 1. The van der Waals surface area contributed by atoms with Gasteiger partial charge in [0.25, 0.3) is 0 Å². The number of imidazole rings is 1. The number of rotatable bonds is 3. The summed E-state index contributed by atoms with van der Waals surface area (Å²) in [5.41, 5.74) is 4.03. The standard InChI is InChI=1S/C16H21ClN2/c1-10-6-5-7-13-14(10)18-15(11(2)17)19(13)9-12-8-16(12,3)4/h5-7,11-12H,8-9H2,1-4H3. The lowest BCUT2D eigenvalue weighted by Gasteiger charge is -2.11. The summed E-state index contributed by atoms with van der Waals surface area (Å²) < 4.78 is 2.33. The average Bonchev–Trinajstić information content (AvgIpc) is 2.76. The van der Waals surface area contributed by atoms with Gasteiger partial charge < -0.3 is 4.57 Å². The Morgan fingerprint density at radius 3 is 2.74 bits per heavy atom. The number of benzene rings is 1. The molecule has 1 saturated carbocycles. The zero-order valence-electron chi connectivity index (χ0n) is 12.1. The van der Waals surface area contributed by atoms with Crippen LogP contribution in [-0.4, -0.2) is 9.55 Å². The third kappa shape index (κ3) is 2.16. The molecule has 2 unspecified atom stereocenters. The summed E-state index contributed by atoms with van der Waals surface area (Å²) in [6.07, 6.45) is 1.30. The number of aromatic nitrogens is 2. The molecule has 19 heavy (non-hydrogen) atoms. The number of hydrogen-bond donors (Lipinski definition) is 0. The van der Waals surface area contributed by atoms with E-state index in [0.29, 0.717) is 5.41 Å². The molecule has 0 aliphatic heterocycles. The van der Waals surface area contributed by atoms with E-state index in [-0.39, 0.29) is 5.38 Å². The van der Waals surface area contributed by atoms with Crippen LogP contribution < -0.4 is 0 Å². The quantitative estimate of drug-likeness (QED) is 0.744. The van der Waals surface area contributed by atoms with Gasteiger partial charge in [-0.1, -0.05) is 26.0 Å². The molecule has 0 radical (unpaired) electrons. The molecule has 0 amide bonds. The van der Waals surface area contributed by atoms with Gasteiger partial charge in [-0.2, -0.15) is 0 Å². The van der Waals surface area contributed by atoms with Gasteiger partial charge in [-0.15, -0.1) is 11.6 Å². The summed E-state index contributed by atoms with van der Waals surface area (Å²) in [4.78, 5) is 4.77. The molecule has 2 aromatic rings. The van der Waals surface area contributed by atoms with Gasteiger partial charge in [-0.3, -0.25) is 0 Å².